The third-order valence-electron chi connectivity index (χ3n) is 5.67. The van der Waals surface area contributed by atoms with Gasteiger partial charge in [0.05, 0.1) is 13.2 Å². The van der Waals surface area contributed by atoms with Crippen LogP contribution in [0.1, 0.15) is 25.0 Å². The van der Waals surface area contributed by atoms with E-state index in [0.717, 1.165) is 32.7 Å². The Balaban J connectivity index is 1.72. The van der Waals surface area contributed by atoms with Crippen LogP contribution in [0.15, 0.2) is 36.4 Å². The molecule has 154 valence electrons. The van der Waals surface area contributed by atoms with Crippen LogP contribution in [0.25, 0.3) is 21.5 Å². The first-order chi connectivity index (χ1) is 14.6. The molecule has 0 spiro atoms. The number of ether oxygens (including phenoxy) is 4. The summed E-state index contributed by atoms with van der Waals surface area (Å²) in [5, 5.41) is 3.59. The van der Waals surface area contributed by atoms with Gasteiger partial charge in [0, 0.05) is 34.4 Å². The van der Waals surface area contributed by atoms with Crippen molar-refractivity contribution in [2.45, 2.75) is 38.9 Å². The summed E-state index contributed by atoms with van der Waals surface area (Å²) < 4.78 is 22.8. The van der Waals surface area contributed by atoms with Crippen molar-refractivity contribution in [3.05, 3.63) is 47.5 Å². The molecule has 0 radical (unpaired) electrons. The topological polar surface area (TPSA) is 71.1 Å². The van der Waals surface area contributed by atoms with Gasteiger partial charge < -0.3 is 18.9 Å². The van der Waals surface area contributed by atoms with Crippen LogP contribution in [0.4, 0.5) is 0 Å². The van der Waals surface area contributed by atoms with Crippen molar-refractivity contribution in [1.82, 2.24) is 0 Å². The molecule has 3 aromatic carbocycles. The number of rotatable bonds is 4. The Morgan fingerprint density at radius 1 is 0.800 bits per heavy atom. The second-order valence-corrected chi connectivity index (χ2v) is 7.46. The Morgan fingerprint density at radius 3 is 1.63 bits per heavy atom. The summed E-state index contributed by atoms with van der Waals surface area (Å²) in [6.07, 6.45) is -0.515. The Hall–Kier alpha value is -3.28. The van der Waals surface area contributed by atoms with E-state index in [1.165, 1.54) is 0 Å². The van der Waals surface area contributed by atoms with Crippen LogP contribution >= 0.6 is 0 Å². The lowest BCUT2D eigenvalue weighted by molar-refractivity contribution is -0.152. The van der Waals surface area contributed by atoms with Crippen molar-refractivity contribution < 1.29 is 28.5 Å². The van der Waals surface area contributed by atoms with E-state index in [1.54, 1.807) is 13.8 Å². The number of fused-ring (bicyclic) bond motifs is 2. The molecule has 6 nitrogen and oxygen atoms in total. The van der Waals surface area contributed by atoms with Gasteiger partial charge in [-0.25, -0.2) is 9.59 Å². The molecule has 0 saturated heterocycles. The van der Waals surface area contributed by atoms with Crippen molar-refractivity contribution in [2.75, 3.05) is 13.2 Å². The van der Waals surface area contributed by atoms with Crippen LogP contribution in [0.2, 0.25) is 0 Å². The van der Waals surface area contributed by atoms with E-state index in [0.29, 0.717) is 37.6 Å². The van der Waals surface area contributed by atoms with Crippen LogP contribution in [-0.2, 0) is 31.9 Å². The van der Waals surface area contributed by atoms with Crippen molar-refractivity contribution >= 4 is 33.5 Å². The van der Waals surface area contributed by atoms with Crippen molar-refractivity contribution in [2.24, 2.45) is 0 Å². The Morgan fingerprint density at radius 2 is 1.23 bits per heavy atom. The molecule has 0 fully saturated rings. The van der Waals surface area contributed by atoms with Gasteiger partial charge in [-0.15, -0.1) is 0 Å². The first-order valence-corrected chi connectivity index (χ1v) is 10.3. The first-order valence-electron chi connectivity index (χ1n) is 10.3. The molecule has 0 N–H and O–H groups in total. The number of carbonyl (C=O) groups is 2. The highest BCUT2D eigenvalue weighted by Crippen LogP contribution is 2.49. The summed E-state index contributed by atoms with van der Waals surface area (Å²) >= 11 is 0. The molecular formula is C24H22O6. The first kappa shape index (κ1) is 18.7. The molecule has 6 heteroatoms. The summed E-state index contributed by atoms with van der Waals surface area (Å²) in [7, 11) is 0. The molecule has 5 rings (SSSR count). The average Bonchev–Trinajstić information content (AvgIpc) is 2.76. The molecule has 0 saturated carbocycles. The Labute approximate surface area is 173 Å². The SMILES string of the molecule is CCOC(=O)C1Cc2cccc3c4c5c(cccc5c(c23)O1)CC(C(=O)OCC)O4. The fraction of sp³-hybridized carbons (Fsp3) is 0.333. The van der Waals surface area contributed by atoms with Gasteiger partial charge in [-0.3, -0.25) is 0 Å². The van der Waals surface area contributed by atoms with E-state index >= 15 is 0 Å². The molecule has 30 heavy (non-hydrogen) atoms. The minimum absolute atomic E-state index is 0.308. The number of hydrogen-bond donors (Lipinski definition) is 0. The highest BCUT2D eigenvalue weighted by atomic mass is 16.6. The molecule has 0 aliphatic carbocycles. The molecule has 0 bridgehead atoms. The molecule has 2 unspecified atom stereocenters. The number of hydrogen-bond acceptors (Lipinski definition) is 6. The fourth-order valence-corrected chi connectivity index (χ4v) is 4.47. The van der Waals surface area contributed by atoms with E-state index in [1.807, 2.05) is 36.4 Å². The second kappa shape index (κ2) is 7.20. The third kappa shape index (κ3) is 2.78. The smallest absolute Gasteiger partial charge is 0.347 e. The predicted octanol–water partition coefficient (Wildman–Crippen LogP) is 3.73. The van der Waals surface area contributed by atoms with Gasteiger partial charge in [0.2, 0.25) is 0 Å². The van der Waals surface area contributed by atoms with E-state index in [2.05, 4.69) is 0 Å². The van der Waals surface area contributed by atoms with E-state index in [9.17, 15) is 9.59 Å². The van der Waals surface area contributed by atoms with E-state index in [4.69, 9.17) is 18.9 Å². The van der Waals surface area contributed by atoms with Gasteiger partial charge in [-0.2, -0.15) is 0 Å². The largest absolute Gasteiger partial charge is 0.477 e. The normalized spacial score (nSPS) is 19.1. The Kier molecular flexibility index (Phi) is 4.50. The summed E-state index contributed by atoms with van der Waals surface area (Å²) in [6.45, 7) is 4.19. The molecule has 2 heterocycles. The van der Waals surface area contributed by atoms with Crippen molar-refractivity contribution in [3.63, 3.8) is 0 Å². The lowest BCUT2D eigenvalue weighted by Gasteiger charge is -2.31. The lowest BCUT2D eigenvalue weighted by Crippen LogP contribution is -2.35. The maximum Gasteiger partial charge on any atom is 0.347 e. The van der Waals surface area contributed by atoms with Gasteiger partial charge in [0.1, 0.15) is 11.5 Å². The average molecular weight is 406 g/mol. The van der Waals surface area contributed by atoms with Gasteiger partial charge in [0.15, 0.2) is 12.2 Å². The van der Waals surface area contributed by atoms with Gasteiger partial charge >= 0.3 is 11.9 Å². The molecule has 2 aliphatic heterocycles. The molecule has 2 aliphatic rings. The number of esters is 2. The predicted molar refractivity (Wildman–Crippen MR) is 111 cm³/mol. The zero-order valence-corrected chi connectivity index (χ0v) is 16.9. The molecule has 2 atom stereocenters. The zero-order chi connectivity index (χ0) is 20.8. The molecule has 3 aromatic rings. The van der Waals surface area contributed by atoms with Crippen molar-refractivity contribution in [3.8, 4) is 11.5 Å². The minimum Gasteiger partial charge on any atom is -0.477 e. The van der Waals surface area contributed by atoms with Gasteiger partial charge in [-0.1, -0.05) is 36.4 Å². The van der Waals surface area contributed by atoms with Gasteiger partial charge in [0.25, 0.3) is 0 Å². The summed E-state index contributed by atoms with van der Waals surface area (Å²) in [5.74, 6) is 0.617. The molecule has 0 aromatic heterocycles. The standard InChI is InChI=1S/C24H22O6/c1-3-27-23(25)17-11-13-7-5-10-16-19(13)21(29-17)15-9-6-8-14-12-18(24(26)28-4-2)30-22(16)20(14)15/h5-10,17-18H,3-4,11-12H2,1-2H3. The second-order valence-electron chi connectivity index (χ2n) is 7.46. The van der Waals surface area contributed by atoms with Crippen LogP contribution < -0.4 is 9.47 Å². The monoisotopic (exact) mass is 406 g/mol. The molecular weight excluding hydrogens is 384 g/mol. The van der Waals surface area contributed by atoms with Crippen molar-refractivity contribution in [1.29, 1.82) is 0 Å². The summed E-state index contributed by atoms with van der Waals surface area (Å²) in [5.41, 5.74) is 1.99. The molecule has 0 amide bonds. The fourth-order valence-electron chi connectivity index (χ4n) is 4.47. The van der Waals surface area contributed by atoms with Crippen LogP contribution in [0.3, 0.4) is 0 Å². The maximum atomic E-state index is 12.4. The summed E-state index contributed by atoms with van der Waals surface area (Å²) in [6, 6.07) is 11.8. The van der Waals surface area contributed by atoms with E-state index < -0.39 is 12.2 Å². The number of benzene rings is 3. The van der Waals surface area contributed by atoms with Gasteiger partial charge in [-0.05, 0) is 25.0 Å². The van der Waals surface area contributed by atoms with Crippen LogP contribution in [0, 0.1) is 0 Å². The van der Waals surface area contributed by atoms with Crippen LogP contribution in [-0.4, -0.2) is 37.4 Å². The Bertz CT molecular complexity index is 1090. The highest BCUT2D eigenvalue weighted by Gasteiger charge is 2.35. The maximum absolute atomic E-state index is 12.4. The van der Waals surface area contributed by atoms with E-state index in [-0.39, 0.29) is 11.9 Å². The highest BCUT2D eigenvalue weighted by molar-refractivity contribution is 6.14. The van der Waals surface area contributed by atoms with Crippen LogP contribution in [0.5, 0.6) is 11.5 Å². The zero-order valence-electron chi connectivity index (χ0n) is 16.9. The summed E-state index contributed by atoms with van der Waals surface area (Å²) in [4.78, 5) is 24.8. The minimum atomic E-state index is -0.683. The third-order valence-corrected chi connectivity index (χ3v) is 5.67. The number of carbonyl (C=O) groups excluding carboxylic acids is 2. The lowest BCUT2D eigenvalue weighted by atomic mass is 9.88. The quantitative estimate of drug-likeness (QED) is 0.486.